The van der Waals surface area contributed by atoms with Crippen LogP contribution >= 0.6 is 0 Å². The normalized spacial score (nSPS) is 18.9. The lowest BCUT2D eigenvalue weighted by atomic mass is 10.1. The van der Waals surface area contributed by atoms with Gasteiger partial charge in [-0.25, -0.2) is 8.42 Å². The van der Waals surface area contributed by atoms with Crippen molar-refractivity contribution in [3.8, 4) is 0 Å². The molecule has 2 rings (SSSR count). The summed E-state index contributed by atoms with van der Waals surface area (Å²) in [5.41, 5.74) is 6.29. The SMILES string of the molecule is COC1CCN(S(=O)(=O)c2c(N)nn(C)c2C)CC1. The predicted molar refractivity (Wildman–Crippen MR) is 71.1 cm³/mol. The molecule has 0 spiro atoms. The topological polar surface area (TPSA) is 90.4 Å². The van der Waals surface area contributed by atoms with E-state index in [9.17, 15) is 8.42 Å². The highest BCUT2D eigenvalue weighted by molar-refractivity contribution is 7.89. The molecule has 2 heterocycles. The molecule has 1 aliphatic heterocycles. The Bertz CT molecular complexity index is 559. The van der Waals surface area contributed by atoms with Gasteiger partial charge in [0.1, 0.15) is 4.90 Å². The monoisotopic (exact) mass is 288 g/mol. The van der Waals surface area contributed by atoms with Crippen LogP contribution in [0.5, 0.6) is 0 Å². The molecular formula is C11H20N4O3S. The van der Waals surface area contributed by atoms with Gasteiger partial charge < -0.3 is 10.5 Å². The van der Waals surface area contributed by atoms with Crippen molar-refractivity contribution in [2.45, 2.75) is 30.8 Å². The summed E-state index contributed by atoms with van der Waals surface area (Å²) in [4.78, 5) is 0.130. The number of nitrogen functional groups attached to an aromatic ring is 1. The van der Waals surface area contributed by atoms with Crippen molar-refractivity contribution in [1.29, 1.82) is 0 Å². The van der Waals surface area contributed by atoms with Gasteiger partial charge >= 0.3 is 0 Å². The van der Waals surface area contributed by atoms with E-state index in [0.29, 0.717) is 31.6 Å². The van der Waals surface area contributed by atoms with E-state index in [4.69, 9.17) is 10.5 Å². The highest BCUT2D eigenvalue weighted by Crippen LogP contribution is 2.27. The zero-order valence-electron chi connectivity index (χ0n) is 11.5. The summed E-state index contributed by atoms with van der Waals surface area (Å²) in [6, 6.07) is 0. The van der Waals surface area contributed by atoms with E-state index in [1.165, 1.54) is 8.99 Å². The third kappa shape index (κ3) is 2.47. The van der Waals surface area contributed by atoms with Gasteiger partial charge in [0.25, 0.3) is 0 Å². The molecule has 0 amide bonds. The summed E-state index contributed by atoms with van der Waals surface area (Å²) in [5, 5.41) is 3.97. The summed E-state index contributed by atoms with van der Waals surface area (Å²) < 4.78 is 33.4. The number of anilines is 1. The van der Waals surface area contributed by atoms with Crippen LogP contribution in [0, 0.1) is 6.92 Å². The first-order chi connectivity index (χ1) is 8.87. The van der Waals surface area contributed by atoms with Gasteiger partial charge in [0.2, 0.25) is 10.0 Å². The van der Waals surface area contributed by atoms with Crippen LogP contribution in [-0.4, -0.2) is 48.8 Å². The smallest absolute Gasteiger partial charge is 0.248 e. The number of ether oxygens (including phenoxy) is 1. The molecule has 0 radical (unpaired) electrons. The van der Waals surface area contributed by atoms with Gasteiger partial charge in [-0.2, -0.15) is 9.40 Å². The second kappa shape index (κ2) is 5.10. The summed E-state index contributed by atoms with van der Waals surface area (Å²) in [7, 11) is -0.231. The largest absolute Gasteiger partial charge is 0.381 e. The number of sulfonamides is 1. The minimum atomic E-state index is -3.56. The molecule has 1 fully saturated rings. The number of aryl methyl sites for hydroxylation is 1. The van der Waals surface area contributed by atoms with Crippen molar-refractivity contribution in [2.24, 2.45) is 7.05 Å². The Balaban J connectivity index is 2.28. The van der Waals surface area contributed by atoms with Gasteiger partial charge in [-0.15, -0.1) is 0 Å². The minimum absolute atomic E-state index is 0.0638. The highest BCUT2D eigenvalue weighted by atomic mass is 32.2. The fraction of sp³-hybridized carbons (Fsp3) is 0.727. The third-order valence-electron chi connectivity index (χ3n) is 3.64. The Morgan fingerprint density at radius 2 is 1.95 bits per heavy atom. The van der Waals surface area contributed by atoms with Gasteiger partial charge in [0, 0.05) is 27.2 Å². The van der Waals surface area contributed by atoms with Crippen LogP contribution < -0.4 is 5.73 Å². The van der Waals surface area contributed by atoms with Crippen molar-refractivity contribution >= 4 is 15.8 Å². The van der Waals surface area contributed by atoms with Crippen LogP contribution in [0.25, 0.3) is 0 Å². The lowest BCUT2D eigenvalue weighted by Crippen LogP contribution is -2.40. The Hall–Kier alpha value is -1.12. The first-order valence-corrected chi connectivity index (χ1v) is 7.64. The van der Waals surface area contributed by atoms with Crippen molar-refractivity contribution < 1.29 is 13.2 Å². The van der Waals surface area contributed by atoms with Gasteiger partial charge in [-0.3, -0.25) is 4.68 Å². The number of hydrogen-bond acceptors (Lipinski definition) is 5. The van der Waals surface area contributed by atoms with Crippen molar-refractivity contribution in [1.82, 2.24) is 14.1 Å². The Morgan fingerprint density at radius 3 is 2.37 bits per heavy atom. The Labute approximate surface area is 113 Å². The molecule has 1 aromatic heterocycles. The average Bonchev–Trinajstić information content (AvgIpc) is 2.63. The van der Waals surface area contributed by atoms with Crippen LogP contribution in [0.4, 0.5) is 5.82 Å². The lowest BCUT2D eigenvalue weighted by molar-refractivity contribution is 0.0604. The molecule has 1 aliphatic rings. The molecule has 0 aromatic carbocycles. The van der Waals surface area contributed by atoms with Crippen molar-refractivity contribution in [3.63, 3.8) is 0 Å². The molecule has 0 aliphatic carbocycles. The molecule has 0 saturated carbocycles. The minimum Gasteiger partial charge on any atom is -0.381 e. The van der Waals surface area contributed by atoms with E-state index in [1.807, 2.05) is 0 Å². The van der Waals surface area contributed by atoms with E-state index in [1.54, 1.807) is 21.1 Å². The van der Waals surface area contributed by atoms with E-state index in [0.717, 1.165) is 0 Å². The Morgan fingerprint density at radius 1 is 1.37 bits per heavy atom. The number of rotatable bonds is 3. The molecule has 0 atom stereocenters. The molecule has 0 bridgehead atoms. The van der Waals surface area contributed by atoms with Gasteiger partial charge in [-0.1, -0.05) is 0 Å². The fourth-order valence-corrected chi connectivity index (χ4v) is 4.13. The maximum atomic E-state index is 12.6. The number of nitrogens with two attached hydrogens (primary N) is 1. The Kier molecular flexibility index (Phi) is 3.84. The molecule has 2 N–H and O–H groups in total. The second-order valence-electron chi connectivity index (χ2n) is 4.76. The van der Waals surface area contributed by atoms with Crippen LogP contribution in [0.15, 0.2) is 4.90 Å². The average molecular weight is 288 g/mol. The lowest BCUT2D eigenvalue weighted by Gasteiger charge is -2.30. The summed E-state index contributed by atoms with van der Waals surface area (Å²) in [6.45, 7) is 2.61. The number of hydrogen-bond donors (Lipinski definition) is 1. The summed E-state index contributed by atoms with van der Waals surface area (Å²) in [5.74, 6) is 0.0638. The number of aromatic nitrogens is 2. The van der Waals surface area contributed by atoms with Crippen LogP contribution in [0.1, 0.15) is 18.5 Å². The third-order valence-corrected chi connectivity index (χ3v) is 5.70. The van der Waals surface area contributed by atoms with E-state index >= 15 is 0 Å². The molecule has 19 heavy (non-hydrogen) atoms. The number of nitrogens with zero attached hydrogens (tertiary/aromatic N) is 3. The number of piperidine rings is 1. The molecule has 8 heteroatoms. The van der Waals surface area contributed by atoms with E-state index < -0.39 is 10.0 Å². The first-order valence-electron chi connectivity index (χ1n) is 6.20. The molecule has 0 unspecified atom stereocenters. The van der Waals surface area contributed by atoms with Crippen LogP contribution in [-0.2, 0) is 21.8 Å². The predicted octanol–water partition coefficient (Wildman–Crippen LogP) is 0.110. The number of methoxy groups -OCH3 is 1. The molecule has 7 nitrogen and oxygen atoms in total. The molecule has 1 saturated heterocycles. The maximum absolute atomic E-state index is 12.6. The van der Waals surface area contributed by atoms with Gasteiger partial charge in [-0.05, 0) is 19.8 Å². The quantitative estimate of drug-likeness (QED) is 0.852. The van der Waals surface area contributed by atoms with Gasteiger partial charge in [0.05, 0.1) is 11.8 Å². The van der Waals surface area contributed by atoms with E-state index in [-0.39, 0.29) is 16.8 Å². The van der Waals surface area contributed by atoms with Crippen LogP contribution in [0.3, 0.4) is 0 Å². The van der Waals surface area contributed by atoms with Crippen LogP contribution in [0.2, 0.25) is 0 Å². The zero-order valence-corrected chi connectivity index (χ0v) is 12.3. The van der Waals surface area contributed by atoms with E-state index in [2.05, 4.69) is 5.10 Å². The fourth-order valence-electron chi connectivity index (χ4n) is 2.37. The molecular weight excluding hydrogens is 268 g/mol. The first kappa shape index (κ1) is 14.3. The zero-order chi connectivity index (χ0) is 14.2. The highest BCUT2D eigenvalue weighted by Gasteiger charge is 2.33. The standard InChI is InChI=1S/C11H20N4O3S/c1-8-10(11(12)13-14(8)2)19(16,17)15-6-4-9(18-3)5-7-15/h9H,4-7H2,1-3H3,(H2,12,13). The summed E-state index contributed by atoms with van der Waals surface area (Å²) >= 11 is 0. The van der Waals surface area contributed by atoms with Gasteiger partial charge in [0.15, 0.2) is 5.82 Å². The van der Waals surface area contributed by atoms with Crippen molar-refractivity contribution in [2.75, 3.05) is 25.9 Å². The van der Waals surface area contributed by atoms with Crippen molar-refractivity contribution in [3.05, 3.63) is 5.69 Å². The maximum Gasteiger partial charge on any atom is 0.248 e. The molecule has 108 valence electrons. The molecule has 1 aromatic rings. The summed E-state index contributed by atoms with van der Waals surface area (Å²) in [6.07, 6.45) is 1.54. The second-order valence-corrected chi connectivity index (χ2v) is 6.64.